The van der Waals surface area contributed by atoms with Crippen molar-refractivity contribution in [2.75, 3.05) is 25.5 Å². The average Bonchev–Trinajstić information content (AvgIpc) is 2.70. The van der Waals surface area contributed by atoms with Gasteiger partial charge in [0, 0.05) is 31.0 Å². The molecule has 1 aliphatic heterocycles. The minimum absolute atomic E-state index is 0.0533. The molecule has 1 aliphatic rings. The summed E-state index contributed by atoms with van der Waals surface area (Å²) < 4.78 is 10.7. The number of carbonyl (C=O) groups is 2. The number of hydrogen-bond donors (Lipinski definition) is 1. The molecule has 1 heterocycles. The van der Waals surface area contributed by atoms with Crippen LogP contribution in [0, 0.1) is 0 Å². The number of amides is 2. The van der Waals surface area contributed by atoms with E-state index in [-0.39, 0.29) is 12.1 Å². The smallest absolute Gasteiger partial charge is 0.339 e. The molecular formula is C20H21ClN2O4. The van der Waals surface area contributed by atoms with Crippen LogP contribution in [-0.2, 0) is 4.74 Å². The van der Waals surface area contributed by atoms with E-state index in [1.54, 1.807) is 41.3 Å². The predicted molar refractivity (Wildman–Crippen MR) is 103 cm³/mol. The fourth-order valence-corrected chi connectivity index (χ4v) is 3.08. The molecule has 2 amide bonds. The summed E-state index contributed by atoms with van der Waals surface area (Å²) in [5.74, 6) is 0.287. The Kier molecular flexibility index (Phi) is 6.19. The van der Waals surface area contributed by atoms with Crippen LogP contribution >= 0.6 is 11.6 Å². The topological polar surface area (TPSA) is 67.9 Å². The summed E-state index contributed by atoms with van der Waals surface area (Å²) in [7, 11) is 1.31. The fourth-order valence-electron chi connectivity index (χ4n) is 2.96. The molecule has 2 aromatic carbocycles. The molecule has 7 heteroatoms. The molecule has 1 N–H and O–H groups in total. The van der Waals surface area contributed by atoms with Crippen LogP contribution in [-0.4, -0.2) is 43.2 Å². The SMILES string of the molecule is COC(=O)c1ccccc1NC(=O)N1CCC(Oc2ccc(Cl)cc2)CC1. The van der Waals surface area contributed by atoms with Gasteiger partial charge in [-0.2, -0.15) is 0 Å². The number of nitrogens with zero attached hydrogens (tertiary/aromatic N) is 1. The van der Waals surface area contributed by atoms with Gasteiger partial charge in [-0.25, -0.2) is 9.59 Å². The second kappa shape index (κ2) is 8.77. The lowest BCUT2D eigenvalue weighted by molar-refractivity contribution is 0.0602. The number of rotatable bonds is 4. The number of carbonyl (C=O) groups excluding carboxylic acids is 2. The van der Waals surface area contributed by atoms with Crippen LogP contribution in [0.15, 0.2) is 48.5 Å². The van der Waals surface area contributed by atoms with Gasteiger partial charge in [0.05, 0.1) is 18.4 Å². The number of hydrogen-bond acceptors (Lipinski definition) is 4. The molecule has 1 fully saturated rings. The summed E-state index contributed by atoms with van der Waals surface area (Å²) in [5.41, 5.74) is 0.767. The Bertz CT molecular complexity index is 802. The van der Waals surface area contributed by atoms with Crippen LogP contribution in [0.2, 0.25) is 5.02 Å². The summed E-state index contributed by atoms with van der Waals surface area (Å²) in [5, 5.41) is 3.46. The molecule has 0 saturated carbocycles. The van der Waals surface area contributed by atoms with Crippen LogP contribution in [0.25, 0.3) is 0 Å². The van der Waals surface area contributed by atoms with Crippen molar-refractivity contribution in [2.24, 2.45) is 0 Å². The summed E-state index contributed by atoms with van der Waals surface area (Å²) in [6.45, 7) is 1.15. The minimum atomic E-state index is -0.485. The lowest BCUT2D eigenvalue weighted by Gasteiger charge is -2.32. The summed E-state index contributed by atoms with van der Waals surface area (Å²) in [6.07, 6.45) is 1.52. The van der Waals surface area contributed by atoms with Crippen molar-refractivity contribution >= 4 is 29.3 Å². The van der Waals surface area contributed by atoms with E-state index in [1.807, 2.05) is 12.1 Å². The zero-order valence-electron chi connectivity index (χ0n) is 15.0. The number of esters is 1. The highest BCUT2D eigenvalue weighted by molar-refractivity contribution is 6.30. The first kappa shape index (κ1) is 19.0. The van der Waals surface area contributed by atoms with E-state index in [0.29, 0.717) is 29.4 Å². The number of halogens is 1. The Morgan fingerprint density at radius 2 is 1.74 bits per heavy atom. The second-order valence-corrected chi connectivity index (χ2v) is 6.66. The molecule has 0 radical (unpaired) electrons. The molecule has 0 unspecified atom stereocenters. The fraction of sp³-hybridized carbons (Fsp3) is 0.300. The van der Waals surface area contributed by atoms with Gasteiger partial charge in [-0.15, -0.1) is 0 Å². The highest BCUT2D eigenvalue weighted by Crippen LogP contribution is 2.22. The minimum Gasteiger partial charge on any atom is -0.490 e. The van der Waals surface area contributed by atoms with Crippen molar-refractivity contribution in [3.8, 4) is 5.75 Å². The number of benzene rings is 2. The zero-order chi connectivity index (χ0) is 19.2. The number of para-hydroxylation sites is 1. The highest BCUT2D eigenvalue weighted by atomic mass is 35.5. The van der Waals surface area contributed by atoms with Crippen LogP contribution < -0.4 is 10.1 Å². The van der Waals surface area contributed by atoms with Gasteiger partial charge in [-0.05, 0) is 36.4 Å². The van der Waals surface area contributed by atoms with Gasteiger partial charge in [0.25, 0.3) is 0 Å². The Hall–Kier alpha value is -2.73. The van der Waals surface area contributed by atoms with Crippen LogP contribution in [0.5, 0.6) is 5.75 Å². The maximum absolute atomic E-state index is 12.5. The van der Waals surface area contributed by atoms with Gasteiger partial charge in [-0.3, -0.25) is 0 Å². The van der Waals surface area contributed by atoms with E-state index in [4.69, 9.17) is 21.1 Å². The zero-order valence-corrected chi connectivity index (χ0v) is 15.7. The molecule has 27 heavy (non-hydrogen) atoms. The number of urea groups is 1. The maximum Gasteiger partial charge on any atom is 0.339 e. The van der Waals surface area contributed by atoms with Crippen molar-refractivity contribution in [2.45, 2.75) is 18.9 Å². The van der Waals surface area contributed by atoms with Crippen molar-refractivity contribution < 1.29 is 19.1 Å². The van der Waals surface area contributed by atoms with E-state index in [1.165, 1.54) is 7.11 Å². The summed E-state index contributed by atoms with van der Waals surface area (Å²) in [4.78, 5) is 26.1. The van der Waals surface area contributed by atoms with Gasteiger partial charge >= 0.3 is 12.0 Å². The van der Waals surface area contributed by atoms with Gasteiger partial charge in [0.2, 0.25) is 0 Å². The van der Waals surface area contributed by atoms with E-state index in [0.717, 1.165) is 18.6 Å². The number of ether oxygens (including phenoxy) is 2. The third-order valence-corrected chi connectivity index (χ3v) is 4.67. The predicted octanol–water partition coefficient (Wildman–Crippen LogP) is 4.20. The monoisotopic (exact) mass is 388 g/mol. The number of anilines is 1. The molecule has 3 rings (SSSR count). The van der Waals surface area contributed by atoms with Crippen molar-refractivity contribution in [1.82, 2.24) is 4.90 Å². The van der Waals surface area contributed by atoms with E-state index >= 15 is 0 Å². The second-order valence-electron chi connectivity index (χ2n) is 6.23. The first-order valence-electron chi connectivity index (χ1n) is 8.72. The van der Waals surface area contributed by atoms with E-state index < -0.39 is 5.97 Å². The summed E-state index contributed by atoms with van der Waals surface area (Å²) in [6, 6.07) is 13.8. The number of nitrogens with one attached hydrogen (secondary N) is 1. The molecule has 1 saturated heterocycles. The molecule has 6 nitrogen and oxygen atoms in total. The molecule has 0 spiro atoms. The number of piperidine rings is 1. The Balaban J connectivity index is 1.54. The molecule has 0 aromatic heterocycles. The Morgan fingerprint density at radius 1 is 1.07 bits per heavy atom. The highest BCUT2D eigenvalue weighted by Gasteiger charge is 2.25. The Morgan fingerprint density at radius 3 is 2.41 bits per heavy atom. The lowest BCUT2D eigenvalue weighted by atomic mass is 10.1. The largest absolute Gasteiger partial charge is 0.490 e. The molecule has 142 valence electrons. The maximum atomic E-state index is 12.5. The molecule has 0 atom stereocenters. The van der Waals surface area contributed by atoms with Gasteiger partial charge < -0.3 is 19.7 Å². The van der Waals surface area contributed by atoms with Crippen LogP contribution in [0.3, 0.4) is 0 Å². The van der Waals surface area contributed by atoms with Crippen molar-refractivity contribution in [3.05, 3.63) is 59.1 Å². The van der Waals surface area contributed by atoms with Crippen LogP contribution in [0.1, 0.15) is 23.2 Å². The average molecular weight is 389 g/mol. The number of likely N-dealkylation sites (tertiary alicyclic amines) is 1. The van der Waals surface area contributed by atoms with Gasteiger partial charge in [-0.1, -0.05) is 23.7 Å². The lowest BCUT2D eigenvalue weighted by Crippen LogP contribution is -2.43. The summed E-state index contributed by atoms with van der Waals surface area (Å²) >= 11 is 5.88. The molecule has 0 aliphatic carbocycles. The third-order valence-electron chi connectivity index (χ3n) is 4.42. The molecule has 2 aromatic rings. The molecular weight excluding hydrogens is 368 g/mol. The standard InChI is InChI=1S/C20H21ClN2O4/c1-26-19(24)17-4-2-3-5-18(17)22-20(25)23-12-10-16(11-13-23)27-15-8-6-14(21)7-9-15/h2-9,16H,10-13H2,1H3,(H,22,25). The van der Waals surface area contributed by atoms with E-state index in [9.17, 15) is 9.59 Å². The normalized spacial score (nSPS) is 14.5. The number of methoxy groups -OCH3 is 1. The van der Waals surface area contributed by atoms with Gasteiger partial charge in [0.15, 0.2) is 0 Å². The third kappa shape index (κ3) is 4.92. The first-order valence-corrected chi connectivity index (χ1v) is 9.10. The Labute approximate surface area is 163 Å². The van der Waals surface area contributed by atoms with Crippen LogP contribution in [0.4, 0.5) is 10.5 Å². The first-order chi connectivity index (χ1) is 13.1. The van der Waals surface area contributed by atoms with Crippen molar-refractivity contribution in [1.29, 1.82) is 0 Å². The van der Waals surface area contributed by atoms with Crippen molar-refractivity contribution in [3.63, 3.8) is 0 Å². The van der Waals surface area contributed by atoms with Gasteiger partial charge in [0.1, 0.15) is 11.9 Å². The van der Waals surface area contributed by atoms with E-state index in [2.05, 4.69) is 5.32 Å². The molecule has 0 bridgehead atoms. The quantitative estimate of drug-likeness (QED) is 0.797.